The van der Waals surface area contributed by atoms with Gasteiger partial charge in [-0.25, -0.2) is 0 Å². The molecule has 110 valence electrons. The van der Waals surface area contributed by atoms with Gasteiger partial charge in [0.2, 0.25) is 0 Å². The van der Waals surface area contributed by atoms with E-state index >= 15 is 0 Å². The van der Waals surface area contributed by atoms with Gasteiger partial charge in [0.05, 0.1) is 23.7 Å². The van der Waals surface area contributed by atoms with Crippen LogP contribution >= 0.6 is 0 Å². The van der Waals surface area contributed by atoms with Crippen molar-refractivity contribution in [3.05, 3.63) is 24.0 Å². The van der Waals surface area contributed by atoms with Gasteiger partial charge in [-0.05, 0) is 44.4 Å². The average molecular weight is 275 g/mol. The van der Waals surface area contributed by atoms with Gasteiger partial charge in [-0.15, -0.1) is 0 Å². The SMILES string of the molecule is CCC(O)c1ccc(N2CCCN3CCCC3C2)cn1. The van der Waals surface area contributed by atoms with Gasteiger partial charge in [-0.3, -0.25) is 9.88 Å². The van der Waals surface area contributed by atoms with Crippen LogP contribution in [-0.2, 0) is 0 Å². The Balaban J connectivity index is 1.71. The third-order valence-electron chi connectivity index (χ3n) is 4.67. The van der Waals surface area contributed by atoms with E-state index in [0.29, 0.717) is 6.42 Å². The average Bonchev–Trinajstić information content (AvgIpc) is 2.83. The number of aliphatic hydroxyl groups excluding tert-OH is 1. The van der Waals surface area contributed by atoms with Crippen molar-refractivity contribution in [1.82, 2.24) is 9.88 Å². The number of nitrogens with zero attached hydrogens (tertiary/aromatic N) is 3. The molecule has 3 rings (SSSR count). The first-order valence-corrected chi connectivity index (χ1v) is 7.91. The predicted octanol–water partition coefficient (Wildman–Crippen LogP) is 2.20. The van der Waals surface area contributed by atoms with Crippen LogP contribution in [0.3, 0.4) is 0 Å². The quantitative estimate of drug-likeness (QED) is 0.918. The highest BCUT2D eigenvalue weighted by molar-refractivity contribution is 5.45. The standard InChI is InChI=1S/C16H25N3O/c1-2-16(20)15-7-6-13(11-17-15)19-10-4-9-18-8-3-5-14(18)12-19/h6-7,11,14,16,20H,2-5,8-10,12H2,1H3. The molecular formula is C16H25N3O. The normalized spacial score (nSPS) is 25.3. The minimum Gasteiger partial charge on any atom is -0.387 e. The van der Waals surface area contributed by atoms with E-state index in [4.69, 9.17) is 0 Å². The molecule has 0 aromatic carbocycles. The van der Waals surface area contributed by atoms with E-state index in [1.807, 2.05) is 19.2 Å². The number of pyridine rings is 1. The lowest BCUT2D eigenvalue weighted by atomic mass is 10.1. The molecule has 2 saturated heterocycles. The second-order valence-electron chi connectivity index (χ2n) is 6.00. The predicted molar refractivity (Wildman–Crippen MR) is 80.9 cm³/mol. The van der Waals surface area contributed by atoms with Crippen LogP contribution in [0.5, 0.6) is 0 Å². The zero-order valence-corrected chi connectivity index (χ0v) is 12.3. The fourth-order valence-electron chi connectivity index (χ4n) is 3.43. The second-order valence-corrected chi connectivity index (χ2v) is 6.00. The molecule has 0 aliphatic carbocycles. The topological polar surface area (TPSA) is 39.6 Å². The lowest BCUT2D eigenvalue weighted by Gasteiger charge is -2.27. The highest BCUT2D eigenvalue weighted by Gasteiger charge is 2.28. The molecule has 0 amide bonds. The Morgan fingerprint density at radius 1 is 1.30 bits per heavy atom. The number of anilines is 1. The summed E-state index contributed by atoms with van der Waals surface area (Å²) in [7, 11) is 0. The van der Waals surface area contributed by atoms with Gasteiger partial charge in [0.25, 0.3) is 0 Å². The summed E-state index contributed by atoms with van der Waals surface area (Å²) in [5.74, 6) is 0. The van der Waals surface area contributed by atoms with Gasteiger partial charge in [-0.1, -0.05) is 6.92 Å². The molecule has 1 aromatic rings. The van der Waals surface area contributed by atoms with Gasteiger partial charge < -0.3 is 10.0 Å². The third kappa shape index (κ3) is 2.81. The number of fused-ring (bicyclic) bond motifs is 1. The van der Waals surface area contributed by atoms with E-state index in [2.05, 4.69) is 20.9 Å². The van der Waals surface area contributed by atoms with E-state index < -0.39 is 6.10 Å². The largest absolute Gasteiger partial charge is 0.387 e. The van der Waals surface area contributed by atoms with Crippen molar-refractivity contribution in [2.45, 2.75) is 44.8 Å². The second kappa shape index (κ2) is 6.10. The molecule has 0 saturated carbocycles. The maximum absolute atomic E-state index is 9.82. The molecule has 1 N–H and O–H groups in total. The molecule has 0 spiro atoms. The molecule has 4 nitrogen and oxygen atoms in total. The molecule has 2 aliphatic rings. The maximum Gasteiger partial charge on any atom is 0.0957 e. The first kappa shape index (κ1) is 13.8. The number of aliphatic hydroxyl groups is 1. The monoisotopic (exact) mass is 275 g/mol. The van der Waals surface area contributed by atoms with Gasteiger partial charge in [0, 0.05) is 25.7 Å². The van der Waals surface area contributed by atoms with Crippen LogP contribution in [0.2, 0.25) is 0 Å². The molecule has 4 heteroatoms. The number of aromatic nitrogens is 1. The molecule has 1 aromatic heterocycles. The molecular weight excluding hydrogens is 250 g/mol. The van der Waals surface area contributed by atoms with Crippen LogP contribution in [0.25, 0.3) is 0 Å². The first-order valence-electron chi connectivity index (χ1n) is 7.91. The Hall–Kier alpha value is -1.13. The van der Waals surface area contributed by atoms with E-state index in [0.717, 1.165) is 24.8 Å². The van der Waals surface area contributed by atoms with Crippen LogP contribution in [0, 0.1) is 0 Å². The molecule has 0 bridgehead atoms. The summed E-state index contributed by atoms with van der Waals surface area (Å²) in [6.07, 6.45) is 6.12. The zero-order valence-electron chi connectivity index (χ0n) is 12.3. The van der Waals surface area contributed by atoms with Crippen LogP contribution in [0.1, 0.15) is 44.4 Å². The fraction of sp³-hybridized carbons (Fsp3) is 0.688. The van der Waals surface area contributed by atoms with Crippen LogP contribution < -0.4 is 4.90 Å². The highest BCUT2D eigenvalue weighted by atomic mass is 16.3. The summed E-state index contributed by atoms with van der Waals surface area (Å²) in [6, 6.07) is 4.81. The molecule has 20 heavy (non-hydrogen) atoms. The Bertz CT molecular complexity index is 434. The zero-order chi connectivity index (χ0) is 13.9. The van der Waals surface area contributed by atoms with Gasteiger partial charge in [-0.2, -0.15) is 0 Å². The minimum atomic E-state index is -0.432. The van der Waals surface area contributed by atoms with Gasteiger partial charge in [0.1, 0.15) is 0 Å². The molecule has 2 atom stereocenters. The molecule has 2 unspecified atom stereocenters. The minimum absolute atomic E-state index is 0.432. The van der Waals surface area contributed by atoms with E-state index in [-0.39, 0.29) is 0 Å². The summed E-state index contributed by atoms with van der Waals surface area (Å²) in [6.45, 7) is 6.73. The van der Waals surface area contributed by atoms with Crippen molar-refractivity contribution in [2.75, 3.05) is 31.1 Å². The van der Waals surface area contributed by atoms with Crippen molar-refractivity contribution >= 4 is 5.69 Å². The lowest BCUT2D eigenvalue weighted by molar-refractivity contribution is 0.169. The lowest BCUT2D eigenvalue weighted by Crippen LogP contribution is -2.36. The fourth-order valence-corrected chi connectivity index (χ4v) is 3.43. The Morgan fingerprint density at radius 3 is 2.90 bits per heavy atom. The maximum atomic E-state index is 9.82. The van der Waals surface area contributed by atoms with Crippen LogP contribution in [-0.4, -0.2) is 47.2 Å². The van der Waals surface area contributed by atoms with E-state index in [1.165, 1.54) is 38.0 Å². The highest BCUT2D eigenvalue weighted by Crippen LogP contribution is 2.25. The molecule has 0 radical (unpaired) electrons. The number of hydrogen-bond donors (Lipinski definition) is 1. The Kier molecular flexibility index (Phi) is 4.22. The van der Waals surface area contributed by atoms with Crippen molar-refractivity contribution < 1.29 is 5.11 Å². The van der Waals surface area contributed by atoms with Crippen LogP contribution in [0.15, 0.2) is 18.3 Å². The summed E-state index contributed by atoms with van der Waals surface area (Å²) in [5, 5.41) is 9.82. The Labute approximate surface area is 121 Å². The summed E-state index contributed by atoms with van der Waals surface area (Å²) in [4.78, 5) is 9.54. The van der Waals surface area contributed by atoms with E-state index in [1.54, 1.807) is 0 Å². The number of rotatable bonds is 3. The Morgan fingerprint density at radius 2 is 2.15 bits per heavy atom. The molecule has 2 aliphatic heterocycles. The van der Waals surface area contributed by atoms with Crippen molar-refractivity contribution in [3.8, 4) is 0 Å². The van der Waals surface area contributed by atoms with Crippen molar-refractivity contribution in [1.29, 1.82) is 0 Å². The smallest absolute Gasteiger partial charge is 0.0957 e. The number of hydrogen-bond acceptors (Lipinski definition) is 4. The summed E-state index contributed by atoms with van der Waals surface area (Å²) >= 11 is 0. The molecule has 3 heterocycles. The first-order chi connectivity index (χ1) is 9.78. The van der Waals surface area contributed by atoms with Crippen molar-refractivity contribution in [3.63, 3.8) is 0 Å². The molecule has 2 fully saturated rings. The van der Waals surface area contributed by atoms with E-state index in [9.17, 15) is 5.11 Å². The van der Waals surface area contributed by atoms with Gasteiger partial charge >= 0.3 is 0 Å². The van der Waals surface area contributed by atoms with Crippen molar-refractivity contribution in [2.24, 2.45) is 0 Å². The summed E-state index contributed by atoms with van der Waals surface area (Å²) in [5.41, 5.74) is 1.99. The van der Waals surface area contributed by atoms with Crippen LogP contribution in [0.4, 0.5) is 5.69 Å². The van der Waals surface area contributed by atoms with Gasteiger partial charge in [0.15, 0.2) is 0 Å². The third-order valence-corrected chi connectivity index (χ3v) is 4.67. The summed E-state index contributed by atoms with van der Waals surface area (Å²) < 4.78 is 0.